The van der Waals surface area contributed by atoms with Crippen LogP contribution in [0.2, 0.25) is 5.02 Å². The number of fused-ring (bicyclic) bond motifs is 1. The number of hydrogen-bond acceptors (Lipinski definition) is 6. The molecular formula is C29H34ClN3O5S. The average Bonchev–Trinajstić information content (AvgIpc) is 3.47. The van der Waals surface area contributed by atoms with Gasteiger partial charge in [-0.05, 0) is 88.1 Å². The van der Waals surface area contributed by atoms with Gasteiger partial charge in [-0.3, -0.25) is 14.4 Å². The van der Waals surface area contributed by atoms with Crippen molar-refractivity contribution in [2.24, 2.45) is 11.8 Å². The summed E-state index contributed by atoms with van der Waals surface area (Å²) in [6.45, 7) is 4.87. The second-order valence-electron chi connectivity index (χ2n) is 10.6. The molecule has 8 nitrogen and oxygen atoms in total. The van der Waals surface area contributed by atoms with Crippen molar-refractivity contribution in [3.05, 3.63) is 53.6 Å². The minimum Gasteiger partial charge on any atom is -0.494 e. The van der Waals surface area contributed by atoms with Gasteiger partial charge < -0.3 is 25.4 Å². The summed E-state index contributed by atoms with van der Waals surface area (Å²) in [6.07, 6.45) is 2.50. The first-order valence-corrected chi connectivity index (χ1v) is 14.6. The van der Waals surface area contributed by atoms with Crippen LogP contribution in [0.4, 0.5) is 11.4 Å². The van der Waals surface area contributed by atoms with E-state index in [-0.39, 0.29) is 24.3 Å². The van der Waals surface area contributed by atoms with Crippen LogP contribution in [-0.4, -0.2) is 63.0 Å². The Balaban J connectivity index is 1.44. The first-order valence-electron chi connectivity index (χ1n) is 13.4. The fourth-order valence-corrected chi connectivity index (χ4v) is 9.01. The molecule has 3 aliphatic heterocycles. The van der Waals surface area contributed by atoms with E-state index in [9.17, 15) is 19.5 Å². The van der Waals surface area contributed by atoms with Gasteiger partial charge in [-0.15, -0.1) is 11.8 Å². The molecule has 1 spiro atoms. The van der Waals surface area contributed by atoms with Crippen molar-refractivity contribution >= 4 is 52.5 Å². The van der Waals surface area contributed by atoms with Crippen molar-refractivity contribution in [3.63, 3.8) is 0 Å². The third-order valence-electron chi connectivity index (χ3n) is 8.16. The predicted molar refractivity (Wildman–Crippen MR) is 153 cm³/mol. The van der Waals surface area contributed by atoms with Crippen LogP contribution in [0.25, 0.3) is 0 Å². The molecule has 5 rings (SSSR count). The van der Waals surface area contributed by atoms with Gasteiger partial charge in [0.1, 0.15) is 11.8 Å². The summed E-state index contributed by atoms with van der Waals surface area (Å²) in [4.78, 5) is 43.4. The SMILES string of the molecule is CCOc1ccc(NC(=O)[C@@H]2[C@H]3C(=O)N(CCCCO)C(C(=O)Nc4ccc(Cl)cc4)C34CC[C@@]2(C)S4)cc1. The Kier molecular flexibility index (Phi) is 7.86. The van der Waals surface area contributed by atoms with Gasteiger partial charge in [-0.25, -0.2) is 0 Å². The highest BCUT2D eigenvalue weighted by Gasteiger charge is 2.77. The number of likely N-dealkylation sites (tertiary alicyclic amines) is 1. The fraction of sp³-hybridized carbons (Fsp3) is 0.483. The number of nitrogens with zero attached hydrogens (tertiary/aromatic N) is 1. The number of carbonyl (C=O) groups excluding carboxylic acids is 3. The molecule has 3 N–H and O–H groups in total. The molecule has 3 amide bonds. The molecule has 0 saturated carbocycles. The Labute approximate surface area is 237 Å². The zero-order valence-corrected chi connectivity index (χ0v) is 23.7. The monoisotopic (exact) mass is 571 g/mol. The zero-order valence-electron chi connectivity index (χ0n) is 22.1. The maximum Gasteiger partial charge on any atom is 0.248 e. The van der Waals surface area contributed by atoms with Gasteiger partial charge in [0.15, 0.2) is 0 Å². The number of benzene rings is 2. The number of ether oxygens (including phenoxy) is 1. The maximum atomic E-state index is 14.1. The summed E-state index contributed by atoms with van der Waals surface area (Å²) >= 11 is 7.65. The maximum absolute atomic E-state index is 14.1. The van der Waals surface area contributed by atoms with Crippen LogP contribution in [0.1, 0.15) is 39.5 Å². The lowest BCUT2D eigenvalue weighted by molar-refractivity contribution is -0.139. The van der Waals surface area contributed by atoms with Crippen molar-refractivity contribution in [3.8, 4) is 5.75 Å². The molecule has 2 aromatic rings. The van der Waals surface area contributed by atoms with E-state index in [1.54, 1.807) is 65.2 Å². The van der Waals surface area contributed by atoms with Crippen LogP contribution in [-0.2, 0) is 14.4 Å². The number of anilines is 2. The number of hydrogen-bond donors (Lipinski definition) is 3. The van der Waals surface area contributed by atoms with Gasteiger partial charge in [0.05, 0.1) is 23.2 Å². The summed E-state index contributed by atoms with van der Waals surface area (Å²) in [6, 6.07) is 13.3. The van der Waals surface area contributed by atoms with Crippen LogP contribution < -0.4 is 15.4 Å². The smallest absolute Gasteiger partial charge is 0.248 e. The van der Waals surface area contributed by atoms with Gasteiger partial charge >= 0.3 is 0 Å². The van der Waals surface area contributed by atoms with Crippen molar-refractivity contribution in [2.75, 3.05) is 30.4 Å². The summed E-state index contributed by atoms with van der Waals surface area (Å²) in [5, 5.41) is 15.9. The number of nitrogens with one attached hydrogen (secondary N) is 2. The summed E-state index contributed by atoms with van der Waals surface area (Å²) < 4.78 is 4.33. The molecular weight excluding hydrogens is 538 g/mol. The number of halogens is 1. The zero-order chi connectivity index (χ0) is 27.8. The molecule has 208 valence electrons. The molecule has 2 bridgehead atoms. The fourth-order valence-electron chi connectivity index (χ4n) is 6.53. The molecule has 2 unspecified atom stereocenters. The van der Waals surface area contributed by atoms with E-state index in [0.29, 0.717) is 48.8 Å². The van der Waals surface area contributed by atoms with E-state index in [0.717, 1.165) is 12.2 Å². The van der Waals surface area contributed by atoms with E-state index in [1.807, 2.05) is 13.8 Å². The summed E-state index contributed by atoms with van der Waals surface area (Å²) in [5.74, 6) is -1.10. The standard InChI is InChI=1S/C29H34ClN3O5S/c1-3-38-21-12-10-20(11-13-21)31-25(35)22-23-27(37)33(16-4-5-17-34)24(29(23)15-14-28(22,2)39-29)26(36)32-19-8-6-18(30)7-9-19/h6-13,22-24,34H,3-5,14-17H2,1-2H3,(H,31,35)(H,32,36)/t22-,23-,24?,28+,29?/m0/s1. The molecule has 3 aliphatic rings. The highest BCUT2D eigenvalue weighted by molar-refractivity contribution is 8.02. The van der Waals surface area contributed by atoms with Crippen LogP contribution in [0.3, 0.4) is 0 Å². The van der Waals surface area contributed by atoms with Crippen LogP contribution in [0.5, 0.6) is 5.75 Å². The lowest BCUT2D eigenvalue weighted by Crippen LogP contribution is -2.51. The molecule has 3 fully saturated rings. The van der Waals surface area contributed by atoms with Gasteiger partial charge in [-0.2, -0.15) is 0 Å². The molecule has 39 heavy (non-hydrogen) atoms. The second kappa shape index (κ2) is 11.0. The van der Waals surface area contributed by atoms with Gasteiger partial charge in [0, 0.05) is 34.3 Å². The van der Waals surface area contributed by atoms with E-state index in [1.165, 1.54) is 0 Å². The Morgan fingerprint density at radius 1 is 1.05 bits per heavy atom. The number of rotatable bonds is 10. The van der Waals surface area contributed by atoms with Gasteiger partial charge in [0.2, 0.25) is 17.7 Å². The quantitative estimate of drug-likeness (QED) is 0.361. The molecule has 0 radical (unpaired) electrons. The van der Waals surface area contributed by atoms with E-state index < -0.39 is 27.4 Å². The topological polar surface area (TPSA) is 108 Å². The highest BCUT2D eigenvalue weighted by Crippen LogP contribution is 2.71. The minimum atomic E-state index is -0.723. The van der Waals surface area contributed by atoms with Crippen LogP contribution in [0.15, 0.2) is 48.5 Å². The number of unbranched alkanes of at least 4 members (excludes halogenated alkanes) is 1. The van der Waals surface area contributed by atoms with Gasteiger partial charge in [0.25, 0.3) is 0 Å². The minimum absolute atomic E-state index is 0.0121. The lowest BCUT2D eigenvalue weighted by Gasteiger charge is -2.34. The number of aliphatic hydroxyl groups is 1. The largest absolute Gasteiger partial charge is 0.494 e. The van der Waals surface area contributed by atoms with E-state index >= 15 is 0 Å². The Morgan fingerprint density at radius 2 is 1.69 bits per heavy atom. The van der Waals surface area contributed by atoms with Crippen molar-refractivity contribution < 1.29 is 24.2 Å². The van der Waals surface area contributed by atoms with Crippen LogP contribution in [0, 0.1) is 11.8 Å². The molecule has 3 heterocycles. The summed E-state index contributed by atoms with van der Waals surface area (Å²) in [5.41, 5.74) is 1.23. The predicted octanol–water partition coefficient (Wildman–Crippen LogP) is 4.57. The van der Waals surface area contributed by atoms with Crippen molar-refractivity contribution in [1.29, 1.82) is 0 Å². The number of aliphatic hydroxyl groups excluding tert-OH is 1. The molecule has 3 saturated heterocycles. The second-order valence-corrected chi connectivity index (χ2v) is 13.0. The number of thioether (sulfide) groups is 1. The van der Waals surface area contributed by atoms with Crippen LogP contribution >= 0.6 is 23.4 Å². The number of carbonyl (C=O) groups is 3. The molecule has 10 heteroatoms. The Bertz CT molecular complexity index is 1240. The van der Waals surface area contributed by atoms with Crippen molar-refractivity contribution in [2.45, 2.75) is 55.1 Å². The third kappa shape index (κ3) is 5.00. The third-order valence-corrected chi connectivity index (χ3v) is 10.4. The van der Waals surface area contributed by atoms with E-state index in [4.69, 9.17) is 16.3 Å². The first kappa shape index (κ1) is 27.8. The van der Waals surface area contributed by atoms with Crippen molar-refractivity contribution in [1.82, 2.24) is 4.90 Å². The Hall–Kier alpha value is -2.75. The highest BCUT2D eigenvalue weighted by atomic mass is 35.5. The molecule has 0 aliphatic carbocycles. The molecule has 5 atom stereocenters. The lowest BCUT2D eigenvalue weighted by atomic mass is 9.66. The Morgan fingerprint density at radius 3 is 2.33 bits per heavy atom. The first-order chi connectivity index (χ1) is 18.7. The molecule has 2 aromatic carbocycles. The average molecular weight is 572 g/mol. The normalized spacial score (nSPS) is 28.9. The number of amides is 3. The molecule has 0 aromatic heterocycles. The summed E-state index contributed by atoms with van der Waals surface area (Å²) in [7, 11) is 0. The van der Waals surface area contributed by atoms with Gasteiger partial charge in [-0.1, -0.05) is 11.6 Å². The van der Waals surface area contributed by atoms with E-state index in [2.05, 4.69) is 10.6 Å².